The fourth-order valence-corrected chi connectivity index (χ4v) is 6.43. The van der Waals surface area contributed by atoms with E-state index in [1.54, 1.807) is 0 Å². The van der Waals surface area contributed by atoms with Gasteiger partial charge in [-0.3, -0.25) is 4.79 Å². The van der Waals surface area contributed by atoms with Gasteiger partial charge in [-0.25, -0.2) is 0 Å². The molecule has 0 aromatic rings. The van der Waals surface area contributed by atoms with Crippen LogP contribution >= 0.6 is 0 Å². The summed E-state index contributed by atoms with van der Waals surface area (Å²) >= 11 is 0. The van der Waals surface area contributed by atoms with E-state index in [4.69, 9.17) is 0 Å². The first-order chi connectivity index (χ1) is 11.2. The highest BCUT2D eigenvalue weighted by Gasteiger charge is 2.59. The molecule has 3 aliphatic rings. The number of aliphatic carboxylic acids is 2. The maximum atomic E-state index is 12.4. The quantitative estimate of drug-likeness (QED) is 0.753. The number of hydrogen-bond donors (Lipinski definition) is 0. The van der Waals surface area contributed by atoms with Crippen molar-refractivity contribution in [1.82, 2.24) is 0 Å². The van der Waals surface area contributed by atoms with Crippen LogP contribution in [0.5, 0.6) is 0 Å². The van der Waals surface area contributed by atoms with Gasteiger partial charge < -0.3 is 19.8 Å². The van der Waals surface area contributed by atoms with Crippen molar-refractivity contribution in [3.8, 4) is 0 Å². The molecule has 0 radical (unpaired) electrons. The summed E-state index contributed by atoms with van der Waals surface area (Å²) in [6.07, 6.45) is 4.50. The number of carbonyl (C=O) groups is 3. The molecule has 6 atom stereocenters. The zero-order valence-electron chi connectivity index (χ0n) is 14.5. The van der Waals surface area contributed by atoms with Crippen molar-refractivity contribution in [2.24, 2.45) is 34.5 Å². The lowest BCUT2D eigenvalue weighted by atomic mass is 9.46. The van der Waals surface area contributed by atoms with E-state index in [1.165, 1.54) is 0 Å². The number of carboxylic acid groups (broad SMARTS) is 2. The molecule has 134 valence electrons. The van der Waals surface area contributed by atoms with Crippen LogP contribution in [0.2, 0.25) is 0 Å². The molecule has 0 bridgehead atoms. The second-order valence-corrected chi connectivity index (χ2v) is 8.70. The largest absolute Gasteiger partial charge is 0.550 e. The van der Waals surface area contributed by atoms with E-state index in [0.717, 1.165) is 25.7 Å². The van der Waals surface area contributed by atoms with Crippen LogP contribution in [0.3, 0.4) is 0 Å². The lowest BCUT2D eigenvalue weighted by Crippen LogP contribution is -2.54. The molecule has 0 saturated heterocycles. The van der Waals surface area contributed by atoms with E-state index < -0.39 is 17.4 Å². The van der Waals surface area contributed by atoms with Gasteiger partial charge >= 0.3 is 0 Å². The van der Waals surface area contributed by atoms with Gasteiger partial charge in [-0.15, -0.1) is 0 Å². The highest BCUT2D eigenvalue weighted by Crippen LogP contribution is 2.64. The fourth-order valence-electron chi connectivity index (χ4n) is 6.43. The third kappa shape index (κ3) is 2.56. The van der Waals surface area contributed by atoms with E-state index >= 15 is 0 Å². The topological polar surface area (TPSA) is 97.3 Å². The smallest absolute Gasteiger partial charge is 0.139 e. The second-order valence-electron chi connectivity index (χ2n) is 8.70. The molecule has 5 heteroatoms. The molecule has 0 unspecified atom stereocenters. The summed E-state index contributed by atoms with van der Waals surface area (Å²) in [6, 6.07) is 0. The maximum Gasteiger partial charge on any atom is 0.139 e. The normalized spacial score (nSPS) is 44.7. The van der Waals surface area contributed by atoms with Crippen LogP contribution in [-0.2, 0) is 14.4 Å². The van der Waals surface area contributed by atoms with Crippen LogP contribution in [0.25, 0.3) is 0 Å². The Morgan fingerprint density at radius 3 is 2.38 bits per heavy atom. The van der Waals surface area contributed by atoms with E-state index in [9.17, 15) is 24.6 Å². The molecule has 3 saturated carbocycles. The average molecular weight is 334 g/mol. The van der Waals surface area contributed by atoms with Crippen molar-refractivity contribution in [3.63, 3.8) is 0 Å². The Balaban J connectivity index is 1.92. The summed E-state index contributed by atoms with van der Waals surface area (Å²) in [6.45, 7) is 4.00. The van der Waals surface area contributed by atoms with Crippen LogP contribution in [0.4, 0.5) is 0 Å². The lowest BCUT2D eigenvalue weighted by molar-refractivity contribution is -0.315. The summed E-state index contributed by atoms with van der Waals surface area (Å²) in [4.78, 5) is 34.9. The molecular formula is C19H26O5-2. The molecule has 5 nitrogen and oxygen atoms in total. The first kappa shape index (κ1) is 17.4. The Morgan fingerprint density at radius 2 is 1.75 bits per heavy atom. The zero-order chi connectivity index (χ0) is 17.7. The first-order valence-corrected chi connectivity index (χ1v) is 9.11. The predicted molar refractivity (Wildman–Crippen MR) is 82.1 cm³/mol. The Hall–Kier alpha value is -1.39. The summed E-state index contributed by atoms with van der Waals surface area (Å²) in [5, 5.41) is 22.6. The van der Waals surface area contributed by atoms with E-state index in [-0.39, 0.29) is 30.1 Å². The van der Waals surface area contributed by atoms with Crippen LogP contribution in [0.1, 0.15) is 65.2 Å². The average Bonchev–Trinajstić information content (AvgIpc) is 2.77. The number of rotatable bonds is 4. The van der Waals surface area contributed by atoms with E-state index in [0.29, 0.717) is 30.5 Å². The number of Topliss-reactive ketones (excluding diaryl/α,β-unsaturated/α-hetero) is 1. The van der Waals surface area contributed by atoms with Gasteiger partial charge in [0.05, 0.1) is 0 Å². The lowest BCUT2D eigenvalue weighted by Gasteiger charge is -2.58. The number of carboxylic acids is 2. The zero-order valence-corrected chi connectivity index (χ0v) is 14.5. The highest BCUT2D eigenvalue weighted by molar-refractivity contribution is 5.87. The Morgan fingerprint density at radius 1 is 1.04 bits per heavy atom. The number of carbonyl (C=O) groups excluding carboxylic acids is 3. The summed E-state index contributed by atoms with van der Waals surface area (Å²) < 4.78 is 0. The Bertz CT molecular complexity index is 570. The minimum atomic E-state index is -1.11. The van der Waals surface area contributed by atoms with Gasteiger partial charge in [0.25, 0.3) is 0 Å². The SMILES string of the molecule is C[C@]1(CC(=O)[O-])[C@H](CC(=O)[O-])CC[C@@H]2[C@@H]1CC[C@]1(C)C(=O)CC[C@@H]21. The minimum absolute atomic E-state index is 0.0894. The van der Waals surface area contributed by atoms with Crippen molar-refractivity contribution >= 4 is 17.7 Å². The van der Waals surface area contributed by atoms with Crippen LogP contribution < -0.4 is 10.2 Å². The van der Waals surface area contributed by atoms with Gasteiger partial charge in [0.15, 0.2) is 0 Å². The Labute approximate surface area is 142 Å². The standard InChI is InChI=1S/C19H28O5/c1-18-8-7-14-12(13(18)5-6-15(18)20)4-3-11(9-16(21)22)19(14,2)10-17(23)24/h11-14H,3-10H2,1-2H3,(H,21,22)(H,23,24)/p-2/t11-,12-,13-,14-,18-,19-/m0/s1. The molecule has 0 spiro atoms. The molecule has 0 aromatic heterocycles. The third-order valence-corrected chi connectivity index (χ3v) is 7.71. The maximum absolute atomic E-state index is 12.4. The molecule has 3 aliphatic carbocycles. The minimum Gasteiger partial charge on any atom is -0.550 e. The fraction of sp³-hybridized carbons (Fsp3) is 0.842. The predicted octanol–water partition coefficient (Wildman–Crippen LogP) is 0.694. The molecule has 3 rings (SSSR count). The van der Waals surface area contributed by atoms with Gasteiger partial charge in [-0.1, -0.05) is 13.8 Å². The van der Waals surface area contributed by atoms with Crippen molar-refractivity contribution in [3.05, 3.63) is 0 Å². The Kier molecular flexibility index (Phi) is 4.25. The van der Waals surface area contributed by atoms with Crippen molar-refractivity contribution in [1.29, 1.82) is 0 Å². The van der Waals surface area contributed by atoms with Crippen LogP contribution in [0, 0.1) is 34.5 Å². The molecule has 0 amide bonds. The number of ketones is 1. The molecule has 0 aromatic carbocycles. The van der Waals surface area contributed by atoms with Gasteiger partial charge in [-0.2, -0.15) is 0 Å². The van der Waals surface area contributed by atoms with Gasteiger partial charge in [0, 0.05) is 23.8 Å². The third-order valence-electron chi connectivity index (χ3n) is 7.71. The molecule has 24 heavy (non-hydrogen) atoms. The second kappa shape index (κ2) is 5.85. The molecule has 0 heterocycles. The van der Waals surface area contributed by atoms with Gasteiger partial charge in [0.2, 0.25) is 0 Å². The van der Waals surface area contributed by atoms with Gasteiger partial charge in [0.1, 0.15) is 5.78 Å². The molecular weight excluding hydrogens is 308 g/mol. The van der Waals surface area contributed by atoms with Crippen LogP contribution in [-0.4, -0.2) is 17.7 Å². The van der Waals surface area contributed by atoms with Crippen molar-refractivity contribution in [2.45, 2.75) is 65.2 Å². The summed E-state index contributed by atoms with van der Waals surface area (Å²) in [7, 11) is 0. The number of fused-ring (bicyclic) bond motifs is 3. The van der Waals surface area contributed by atoms with Crippen LogP contribution in [0.15, 0.2) is 0 Å². The molecule has 3 fully saturated rings. The van der Waals surface area contributed by atoms with E-state index in [1.807, 2.05) is 6.92 Å². The number of hydrogen-bond acceptors (Lipinski definition) is 5. The summed E-state index contributed by atoms with van der Waals surface area (Å²) in [5.74, 6) is -1.28. The first-order valence-electron chi connectivity index (χ1n) is 9.11. The molecule has 0 N–H and O–H groups in total. The monoisotopic (exact) mass is 334 g/mol. The summed E-state index contributed by atoms with van der Waals surface area (Å²) in [5.41, 5.74) is -0.848. The van der Waals surface area contributed by atoms with Crippen molar-refractivity contribution in [2.75, 3.05) is 0 Å². The van der Waals surface area contributed by atoms with Gasteiger partial charge in [-0.05, 0) is 74.0 Å². The van der Waals surface area contributed by atoms with E-state index in [2.05, 4.69) is 6.92 Å². The van der Waals surface area contributed by atoms with Crippen molar-refractivity contribution < 1.29 is 24.6 Å². The highest BCUT2D eigenvalue weighted by atomic mass is 16.4. The molecule has 0 aliphatic heterocycles.